The fourth-order valence-corrected chi connectivity index (χ4v) is 4.07. The summed E-state index contributed by atoms with van der Waals surface area (Å²) in [6.07, 6.45) is 1.000. The van der Waals surface area contributed by atoms with Crippen LogP contribution in [0.1, 0.15) is 54.0 Å². The molecule has 0 saturated carbocycles. The van der Waals surface area contributed by atoms with Crippen molar-refractivity contribution >= 4 is 28.2 Å². The zero-order valence-corrected chi connectivity index (χ0v) is 19.0. The Morgan fingerprint density at radius 3 is 2.26 bits per heavy atom. The Morgan fingerprint density at radius 1 is 1.00 bits per heavy atom. The van der Waals surface area contributed by atoms with Crippen molar-refractivity contribution in [1.29, 1.82) is 0 Å². The van der Waals surface area contributed by atoms with Crippen molar-refractivity contribution < 1.29 is 19.1 Å². The monoisotopic (exact) mass is 437 g/mol. The number of anilines is 1. The molecule has 3 aromatic rings. The molecule has 162 valence electrons. The molecule has 1 heterocycles. The molecule has 31 heavy (non-hydrogen) atoms. The normalized spacial score (nSPS) is 10.7. The predicted molar refractivity (Wildman–Crippen MR) is 125 cm³/mol. The Kier molecular flexibility index (Phi) is 7.47. The molecule has 1 N–H and O–H groups in total. The van der Waals surface area contributed by atoms with Gasteiger partial charge in [-0.3, -0.25) is 4.79 Å². The Morgan fingerprint density at radius 2 is 1.68 bits per heavy atom. The van der Waals surface area contributed by atoms with Gasteiger partial charge in [-0.15, -0.1) is 11.3 Å². The van der Waals surface area contributed by atoms with E-state index in [1.165, 1.54) is 16.9 Å². The molecular formula is C25H27NO4S. The summed E-state index contributed by atoms with van der Waals surface area (Å²) in [7, 11) is 0. The molecule has 1 amide bonds. The van der Waals surface area contributed by atoms with Gasteiger partial charge in [0.1, 0.15) is 16.3 Å². The van der Waals surface area contributed by atoms with Crippen LogP contribution in [0.5, 0.6) is 5.75 Å². The molecule has 1 aromatic heterocycles. The summed E-state index contributed by atoms with van der Waals surface area (Å²) < 4.78 is 10.9. The predicted octanol–water partition coefficient (Wildman–Crippen LogP) is 6.19. The zero-order valence-electron chi connectivity index (χ0n) is 18.2. The van der Waals surface area contributed by atoms with Gasteiger partial charge >= 0.3 is 5.97 Å². The van der Waals surface area contributed by atoms with E-state index in [-0.39, 0.29) is 18.6 Å². The molecule has 0 fully saturated rings. The average molecular weight is 438 g/mol. The van der Waals surface area contributed by atoms with Crippen LogP contribution >= 0.6 is 11.3 Å². The van der Waals surface area contributed by atoms with Crippen LogP contribution < -0.4 is 10.1 Å². The van der Waals surface area contributed by atoms with Crippen molar-refractivity contribution in [2.75, 3.05) is 11.9 Å². The minimum Gasteiger partial charge on any atom is -0.491 e. The van der Waals surface area contributed by atoms with Gasteiger partial charge in [-0.05, 0) is 62.6 Å². The third kappa shape index (κ3) is 5.52. The minimum atomic E-state index is -0.450. The largest absolute Gasteiger partial charge is 0.491 e. The number of amides is 1. The number of esters is 1. The second-order valence-electron chi connectivity index (χ2n) is 7.27. The van der Waals surface area contributed by atoms with E-state index >= 15 is 0 Å². The molecular weight excluding hydrogens is 410 g/mol. The lowest BCUT2D eigenvalue weighted by Crippen LogP contribution is -2.15. The number of benzene rings is 2. The molecule has 2 aromatic carbocycles. The lowest BCUT2D eigenvalue weighted by molar-refractivity contribution is 0.0529. The second-order valence-corrected chi connectivity index (χ2v) is 8.15. The molecule has 0 saturated heterocycles. The summed E-state index contributed by atoms with van der Waals surface area (Å²) in [5.74, 6) is -0.0432. The van der Waals surface area contributed by atoms with Crippen molar-refractivity contribution in [3.8, 4) is 16.9 Å². The van der Waals surface area contributed by atoms with Gasteiger partial charge in [-0.1, -0.05) is 31.2 Å². The number of carbonyl (C=O) groups is 2. The zero-order chi connectivity index (χ0) is 22.4. The number of rotatable bonds is 8. The van der Waals surface area contributed by atoms with E-state index in [2.05, 4.69) is 12.2 Å². The van der Waals surface area contributed by atoms with Crippen LogP contribution in [0.15, 0.2) is 53.9 Å². The maximum absolute atomic E-state index is 12.8. The summed E-state index contributed by atoms with van der Waals surface area (Å²) in [5, 5.41) is 5.23. The lowest BCUT2D eigenvalue weighted by Gasteiger charge is -2.11. The number of nitrogens with one attached hydrogen (secondary N) is 1. The fourth-order valence-electron chi connectivity index (χ4n) is 3.12. The fraction of sp³-hybridized carbons (Fsp3) is 0.280. The third-order valence-electron chi connectivity index (χ3n) is 4.66. The van der Waals surface area contributed by atoms with Crippen molar-refractivity contribution in [2.45, 2.75) is 40.2 Å². The highest BCUT2D eigenvalue weighted by atomic mass is 32.1. The van der Waals surface area contributed by atoms with E-state index in [1.807, 2.05) is 43.5 Å². The molecule has 0 bridgehead atoms. The van der Waals surface area contributed by atoms with E-state index in [0.29, 0.717) is 21.9 Å². The molecule has 0 atom stereocenters. The number of hydrogen-bond acceptors (Lipinski definition) is 5. The van der Waals surface area contributed by atoms with E-state index in [1.54, 1.807) is 31.2 Å². The Bertz CT molecular complexity index is 1040. The molecule has 0 radical (unpaired) electrons. The van der Waals surface area contributed by atoms with Gasteiger partial charge in [0.05, 0.1) is 12.7 Å². The van der Waals surface area contributed by atoms with E-state index < -0.39 is 5.97 Å². The van der Waals surface area contributed by atoms with Crippen LogP contribution in [0, 0.1) is 0 Å². The Labute approximate surface area is 187 Å². The summed E-state index contributed by atoms with van der Waals surface area (Å²) in [6.45, 7) is 8.01. The first-order chi connectivity index (χ1) is 14.9. The first-order valence-corrected chi connectivity index (χ1v) is 11.3. The quantitative estimate of drug-likeness (QED) is 0.427. The Balaban J connectivity index is 1.88. The van der Waals surface area contributed by atoms with E-state index in [0.717, 1.165) is 17.5 Å². The van der Waals surface area contributed by atoms with Crippen molar-refractivity contribution in [2.24, 2.45) is 0 Å². The molecule has 0 unspecified atom stereocenters. The van der Waals surface area contributed by atoms with Gasteiger partial charge in [0.25, 0.3) is 5.91 Å². The average Bonchev–Trinajstić information content (AvgIpc) is 3.17. The maximum atomic E-state index is 12.8. The standard InChI is InChI=1S/C25H27NO4S/c1-5-17-7-9-18(10-8-17)21-15-31-24(22(21)25(28)29-6-2)26-23(27)19-11-13-20(14-12-19)30-16(3)4/h7-16H,5-6H2,1-4H3,(H,26,27). The van der Waals surface area contributed by atoms with Crippen LogP contribution in [-0.4, -0.2) is 24.6 Å². The van der Waals surface area contributed by atoms with Crippen molar-refractivity contribution in [3.05, 3.63) is 70.6 Å². The number of carbonyl (C=O) groups excluding carboxylic acids is 2. The molecule has 0 spiro atoms. The van der Waals surface area contributed by atoms with Crippen LogP contribution in [0.2, 0.25) is 0 Å². The number of ether oxygens (including phenoxy) is 2. The van der Waals surface area contributed by atoms with Crippen LogP contribution in [0.3, 0.4) is 0 Å². The van der Waals surface area contributed by atoms with Gasteiger partial charge in [-0.2, -0.15) is 0 Å². The van der Waals surface area contributed by atoms with Gasteiger partial charge in [0.2, 0.25) is 0 Å². The number of thiophene rings is 1. The molecule has 0 aliphatic rings. The summed E-state index contributed by atoms with van der Waals surface area (Å²) >= 11 is 1.31. The van der Waals surface area contributed by atoms with Crippen LogP contribution in [0.25, 0.3) is 11.1 Å². The summed E-state index contributed by atoms with van der Waals surface area (Å²) in [5.41, 5.74) is 3.74. The SMILES string of the molecule is CCOC(=O)c1c(-c2ccc(CC)cc2)csc1NC(=O)c1ccc(OC(C)C)cc1. The van der Waals surface area contributed by atoms with E-state index in [9.17, 15) is 9.59 Å². The topological polar surface area (TPSA) is 64.6 Å². The summed E-state index contributed by atoms with van der Waals surface area (Å²) in [6, 6.07) is 15.0. The minimum absolute atomic E-state index is 0.0581. The maximum Gasteiger partial charge on any atom is 0.341 e. The highest BCUT2D eigenvalue weighted by Gasteiger charge is 2.23. The highest BCUT2D eigenvalue weighted by Crippen LogP contribution is 2.36. The molecule has 5 nitrogen and oxygen atoms in total. The third-order valence-corrected chi connectivity index (χ3v) is 5.55. The second kappa shape index (κ2) is 10.3. The summed E-state index contributed by atoms with van der Waals surface area (Å²) in [4.78, 5) is 25.5. The van der Waals surface area contributed by atoms with Gasteiger partial charge in [0, 0.05) is 16.5 Å². The molecule has 0 aliphatic heterocycles. The lowest BCUT2D eigenvalue weighted by atomic mass is 10.0. The van der Waals surface area contributed by atoms with Crippen LogP contribution in [-0.2, 0) is 11.2 Å². The van der Waals surface area contributed by atoms with Crippen LogP contribution in [0.4, 0.5) is 5.00 Å². The first kappa shape index (κ1) is 22.6. The number of hydrogen-bond donors (Lipinski definition) is 1. The van der Waals surface area contributed by atoms with Crippen molar-refractivity contribution in [1.82, 2.24) is 0 Å². The Hall–Kier alpha value is -3.12. The van der Waals surface area contributed by atoms with Gasteiger partial charge in [0.15, 0.2) is 0 Å². The van der Waals surface area contributed by atoms with E-state index in [4.69, 9.17) is 9.47 Å². The molecule has 3 rings (SSSR count). The highest BCUT2D eigenvalue weighted by molar-refractivity contribution is 7.15. The van der Waals surface area contributed by atoms with Crippen molar-refractivity contribution in [3.63, 3.8) is 0 Å². The van der Waals surface area contributed by atoms with Gasteiger partial charge in [-0.25, -0.2) is 4.79 Å². The molecule has 6 heteroatoms. The number of aryl methyl sites for hydroxylation is 1. The van der Waals surface area contributed by atoms with Gasteiger partial charge < -0.3 is 14.8 Å². The molecule has 0 aliphatic carbocycles. The smallest absolute Gasteiger partial charge is 0.341 e. The first-order valence-electron chi connectivity index (χ1n) is 10.4.